The molecule has 0 saturated carbocycles. The molecule has 57 heavy (non-hydrogen) atoms. The van der Waals surface area contributed by atoms with Gasteiger partial charge in [-0.2, -0.15) is 0 Å². The van der Waals surface area contributed by atoms with Crippen molar-refractivity contribution in [2.75, 3.05) is 0 Å². The molecule has 1 aliphatic rings. The minimum Gasteiger partial charge on any atom is -0.478 e. The van der Waals surface area contributed by atoms with Gasteiger partial charge in [-0.05, 0) is 105 Å². The highest BCUT2D eigenvalue weighted by Gasteiger charge is 2.46. The maximum Gasteiger partial charge on any atom is 0.335 e. The standard InChI is InChI=1S/C51H34O6/c52-49(53)35-17-11-19-39(29-35)56-47-27-25-37(31-43(47)33-13-3-1-4-14-33)51(45-23-9-7-21-41(45)42-22-8-10-24-46(42)51)38-26-28-48(44(32-38)34-15-5-2-6-16-34)57-40-20-12-18-36(30-40)50(54)55/h1-32H,(H,52,53)(H,54,55). The lowest BCUT2D eigenvalue weighted by Crippen LogP contribution is -2.28. The molecule has 0 radical (unpaired) electrons. The number of carboxylic acids is 2. The largest absolute Gasteiger partial charge is 0.478 e. The van der Waals surface area contributed by atoms with Crippen molar-refractivity contribution in [1.82, 2.24) is 0 Å². The van der Waals surface area contributed by atoms with Crippen LogP contribution in [0.2, 0.25) is 0 Å². The molecule has 0 unspecified atom stereocenters. The van der Waals surface area contributed by atoms with E-state index in [-0.39, 0.29) is 11.1 Å². The van der Waals surface area contributed by atoms with Crippen molar-refractivity contribution in [3.05, 3.63) is 228 Å². The molecule has 2 N–H and O–H groups in total. The minimum atomic E-state index is -1.03. The average Bonchev–Trinajstić information content (AvgIpc) is 3.56. The van der Waals surface area contributed by atoms with Crippen LogP contribution in [-0.2, 0) is 5.41 Å². The van der Waals surface area contributed by atoms with E-state index in [1.807, 2.05) is 72.8 Å². The first-order valence-corrected chi connectivity index (χ1v) is 18.5. The molecule has 0 atom stereocenters. The molecule has 8 aromatic rings. The number of hydrogen-bond acceptors (Lipinski definition) is 4. The number of ether oxygens (including phenoxy) is 2. The van der Waals surface area contributed by atoms with Gasteiger partial charge in [0.1, 0.15) is 23.0 Å². The first-order valence-electron chi connectivity index (χ1n) is 18.5. The van der Waals surface area contributed by atoms with Crippen molar-refractivity contribution in [3.63, 3.8) is 0 Å². The highest BCUT2D eigenvalue weighted by Crippen LogP contribution is 2.57. The van der Waals surface area contributed by atoms with Gasteiger partial charge in [-0.25, -0.2) is 9.59 Å². The maximum absolute atomic E-state index is 11.8. The Morgan fingerprint density at radius 1 is 0.386 bits per heavy atom. The highest BCUT2D eigenvalue weighted by atomic mass is 16.5. The first-order chi connectivity index (χ1) is 27.9. The number of benzene rings is 8. The molecule has 1 aliphatic carbocycles. The van der Waals surface area contributed by atoms with E-state index in [0.717, 1.165) is 55.6 Å². The summed E-state index contributed by atoms with van der Waals surface area (Å²) in [4.78, 5) is 23.7. The van der Waals surface area contributed by atoms with Crippen LogP contribution >= 0.6 is 0 Å². The van der Waals surface area contributed by atoms with Crippen LogP contribution in [0.3, 0.4) is 0 Å². The van der Waals surface area contributed by atoms with E-state index in [1.54, 1.807) is 36.4 Å². The lowest BCUT2D eigenvalue weighted by atomic mass is 9.67. The second kappa shape index (κ2) is 14.5. The lowest BCUT2D eigenvalue weighted by molar-refractivity contribution is 0.0686. The normalized spacial score (nSPS) is 12.3. The summed E-state index contributed by atoms with van der Waals surface area (Å²) in [5, 5.41) is 19.4. The number of fused-ring (bicyclic) bond motifs is 3. The molecular formula is C51H34O6. The maximum atomic E-state index is 11.8. The summed E-state index contributed by atoms with van der Waals surface area (Å²) in [5.74, 6) is -0.0514. The van der Waals surface area contributed by atoms with E-state index in [4.69, 9.17) is 9.47 Å². The summed E-state index contributed by atoms with van der Waals surface area (Å²) in [6, 6.07) is 62.7. The van der Waals surface area contributed by atoms with Gasteiger partial charge in [0.15, 0.2) is 0 Å². The zero-order valence-corrected chi connectivity index (χ0v) is 30.5. The van der Waals surface area contributed by atoms with Gasteiger partial charge >= 0.3 is 11.9 Å². The van der Waals surface area contributed by atoms with E-state index in [2.05, 4.69) is 72.8 Å². The first kappa shape index (κ1) is 35.0. The second-order valence-corrected chi connectivity index (χ2v) is 13.9. The van der Waals surface area contributed by atoms with Gasteiger partial charge in [-0.1, -0.05) is 133 Å². The van der Waals surface area contributed by atoms with Crippen molar-refractivity contribution in [1.29, 1.82) is 0 Å². The summed E-state index contributed by atoms with van der Waals surface area (Å²) in [6.45, 7) is 0. The minimum absolute atomic E-state index is 0.139. The molecule has 0 heterocycles. The molecule has 0 spiro atoms. The molecule has 9 rings (SSSR count). The fourth-order valence-corrected chi connectivity index (χ4v) is 8.05. The summed E-state index contributed by atoms with van der Waals surface area (Å²) < 4.78 is 13.0. The molecule has 0 aromatic heterocycles. The van der Waals surface area contributed by atoms with Crippen LogP contribution < -0.4 is 9.47 Å². The molecule has 274 valence electrons. The zero-order valence-electron chi connectivity index (χ0n) is 30.5. The predicted octanol–water partition coefficient (Wildman–Crippen LogP) is 12.4. The molecule has 0 amide bonds. The molecule has 0 saturated heterocycles. The molecule has 6 heteroatoms. The Balaban J connectivity index is 1.29. The summed E-state index contributed by atoms with van der Waals surface area (Å²) >= 11 is 0. The van der Waals surface area contributed by atoms with Crippen molar-refractivity contribution in [2.45, 2.75) is 5.41 Å². The van der Waals surface area contributed by atoms with Crippen LogP contribution in [0.15, 0.2) is 194 Å². The smallest absolute Gasteiger partial charge is 0.335 e. The zero-order chi connectivity index (χ0) is 38.9. The summed E-state index contributed by atoms with van der Waals surface area (Å²) in [5.41, 5.74) is 9.56. The third-order valence-corrected chi connectivity index (χ3v) is 10.6. The molecule has 8 aromatic carbocycles. The third-order valence-electron chi connectivity index (χ3n) is 10.6. The fourth-order valence-electron chi connectivity index (χ4n) is 8.05. The number of hydrogen-bond donors (Lipinski definition) is 2. The van der Waals surface area contributed by atoms with Crippen molar-refractivity contribution < 1.29 is 29.3 Å². The molecular weight excluding hydrogens is 709 g/mol. The number of rotatable bonds is 10. The van der Waals surface area contributed by atoms with Crippen LogP contribution in [-0.4, -0.2) is 22.2 Å². The summed E-state index contributed by atoms with van der Waals surface area (Å²) in [7, 11) is 0. The van der Waals surface area contributed by atoms with E-state index < -0.39 is 17.4 Å². The molecule has 0 fully saturated rings. The van der Waals surface area contributed by atoms with Gasteiger partial charge in [0.25, 0.3) is 0 Å². The van der Waals surface area contributed by atoms with Gasteiger partial charge in [0, 0.05) is 11.1 Å². The van der Waals surface area contributed by atoms with Crippen molar-refractivity contribution >= 4 is 11.9 Å². The van der Waals surface area contributed by atoms with E-state index in [9.17, 15) is 19.8 Å². The fraction of sp³-hybridized carbons (Fsp3) is 0.0196. The second-order valence-electron chi connectivity index (χ2n) is 13.9. The van der Waals surface area contributed by atoms with E-state index >= 15 is 0 Å². The van der Waals surface area contributed by atoms with E-state index in [1.165, 1.54) is 12.1 Å². The van der Waals surface area contributed by atoms with Crippen LogP contribution in [0.25, 0.3) is 33.4 Å². The lowest BCUT2D eigenvalue weighted by Gasteiger charge is -2.35. The van der Waals surface area contributed by atoms with Crippen LogP contribution in [0, 0.1) is 0 Å². The third kappa shape index (κ3) is 6.29. The van der Waals surface area contributed by atoms with Gasteiger partial charge in [0.2, 0.25) is 0 Å². The topological polar surface area (TPSA) is 93.1 Å². The quantitative estimate of drug-likeness (QED) is 0.145. The Kier molecular flexibility index (Phi) is 8.92. The van der Waals surface area contributed by atoms with Crippen LogP contribution in [0.5, 0.6) is 23.0 Å². The van der Waals surface area contributed by atoms with Crippen molar-refractivity contribution in [2.24, 2.45) is 0 Å². The number of carbonyl (C=O) groups is 2. The van der Waals surface area contributed by atoms with Crippen molar-refractivity contribution in [3.8, 4) is 56.4 Å². The Bertz CT molecular complexity index is 2610. The molecule has 0 aliphatic heterocycles. The van der Waals surface area contributed by atoms with Gasteiger partial charge < -0.3 is 19.7 Å². The Hall–Kier alpha value is -7.70. The van der Waals surface area contributed by atoms with Gasteiger partial charge in [-0.15, -0.1) is 0 Å². The Morgan fingerprint density at radius 2 is 0.789 bits per heavy atom. The Morgan fingerprint density at radius 3 is 1.21 bits per heavy atom. The Labute approximate surface area is 329 Å². The van der Waals surface area contributed by atoms with Crippen LogP contribution in [0.4, 0.5) is 0 Å². The van der Waals surface area contributed by atoms with E-state index in [0.29, 0.717) is 23.0 Å². The summed E-state index contributed by atoms with van der Waals surface area (Å²) in [6.07, 6.45) is 0. The van der Waals surface area contributed by atoms with Crippen LogP contribution in [0.1, 0.15) is 43.0 Å². The highest BCUT2D eigenvalue weighted by molar-refractivity contribution is 5.90. The number of carboxylic acid groups (broad SMARTS) is 2. The molecule has 6 nitrogen and oxygen atoms in total. The van der Waals surface area contributed by atoms with Gasteiger partial charge in [0.05, 0.1) is 16.5 Å². The monoisotopic (exact) mass is 742 g/mol. The molecule has 0 bridgehead atoms. The predicted molar refractivity (Wildman–Crippen MR) is 222 cm³/mol. The SMILES string of the molecule is O=C(O)c1cccc(Oc2ccc(C3(c4ccc(Oc5cccc(C(=O)O)c5)c(-c5ccccc5)c4)c4ccccc4-c4ccccc43)cc2-c2ccccc2)c1. The van der Waals surface area contributed by atoms with Gasteiger partial charge in [-0.3, -0.25) is 0 Å². The number of aromatic carboxylic acids is 2. The average molecular weight is 743 g/mol.